The number of hydrogen-bond donors (Lipinski definition) is 2. The highest BCUT2D eigenvalue weighted by Crippen LogP contribution is 2.30. The van der Waals surface area contributed by atoms with Crippen molar-refractivity contribution in [3.05, 3.63) is 21.9 Å². The van der Waals surface area contributed by atoms with Crippen LogP contribution in [0.2, 0.25) is 0 Å². The number of nitrogens with one attached hydrogen (secondary N) is 1. The van der Waals surface area contributed by atoms with Gasteiger partial charge in [0.25, 0.3) is 0 Å². The van der Waals surface area contributed by atoms with E-state index in [-0.39, 0.29) is 5.91 Å². The molecule has 1 saturated carbocycles. The maximum atomic E-state index is 11.0. The Labute approximate surface area is 119 Å². The molecule has 0 atom stereocenters. The van der Waals surface area contributed by atoms with E-state index in [1.54, 1.807) is 11.3 Å². The van der Waals surface area contributed by atoms with Gasteiger partial charge in [0.05, 0.1) is 5.56 Å². The van der Waals surface area contributed by atoms with Crippen molar-refractivity contribution in [2.45, 2.75) is 45.6 Å². The molecular weight excluding hydrogens is 256 g/mol. The highest BCUT2D eigenvalue weighted by atomic mass is 32.1. The molecular formula is C15H24N2OS. The van der Waals surface area contributed by atoms with Gasteiger partial charge in [-0.1, -0.05) is 26.2 Å². The van der Waals surface area contributed by atoms with E-state index in [4.69, 9.17) is 5.73 Å². The lowest BCUT2D eigenvalue weighted by Crippen LogP contribution is -2.25. The van der Waals surface area contributed by atoms with Crippen LogP contribution in [0.1, 0.15) is 54.3 Å². The molecule has 0 aliphatic heterocycles. The number of thiophene rings is 1. The number of carbonyl (C=O) groups is 1. The maximum Gasteiger partial charge on any atom is 0.249 e. The zero-order valence-electron chi connectivity index (χ0n) is 11.7. The van der Waals surface area contributed by atoms with Gasteiger partial charge < -0.3 is 11.1 Å². The summed E-state index contributed by atoms with van der Waals surface area (Å²) in [6, 6.07) is 1.90. The smallest absolute Gasteiger partial charge is 0.249 e. The largest absolute Gasteiger partial charge is 0.366 e. The summed E-state index contributed by atoms with van der Waals surface area (Å²) in [5.41, 5.74) is 5.88. The van der Waals surface area contributed by atoms with Crippen LogP contribution in [0.15, 0.2) is 11.4 Å². The molecule has 0 saturated heterocycles. The first-order valence-corrected chi connectivity index (χ1v) is 8.15. The second-order valence-electron chi connectivity index (χ2n) is 5.59. The first-order chi connectivity index (χ1) is 9.19. The minimum Gasteiger partial charge on any atom is -0.366 e. The third-order valence-electron chi connectivity index (χ3n) is 4.21. The number of amides is 1. The van der Waals surface area contributed by atoms with E-state index in [2.05, 4.69) is 12.2 Å². The summed E-state index contributed by atoms with van der Waals surface area (Å²) in [6.45, 7) is 4.25. The van der Waals surface area contributed by atoms with Crippen LogP contribution < -0.4 is 11.1 Å². The van der Waals surface area contributed by atoms with E-state index < -0.39 is 0 Å². The molecule has 1 aromatic heterocycles. The highest BCUT2D eigenvalue weighted by molar-refractivity contribution is 7.10. The Bertz CT molecular complexity index is 408. The second-order valence-corrected chi connectivity index (χ2v) is 6.59. The van der Waals surface area contributed by atoms with Gasteiger partial charge in [-0.2, -0.15) is 0 Å². The fraction of sp³-hybridized carbons (Fsp3) is 0.667. The normalized spacial score (nSPS) is 23.4. The van der Waals surface area contributed by atoms with E-state index in [0.29, 0.717) is 5.56 Å². The molecule has 0 radical (unpaired) electrons. The Morgan fingerprint density at radius 3 is 2.63 bits per heavy atom. The molecule has 1 aromatic rings. The molecule has 0 unspecified atom stereocenters. The van der Waals surface area contributed by atoms with Crippen molar-refractivity contribution in [1.82, 2.24) is 5.32 Å². The third-order valence-corrected chi connectivity index (χ3v) is 5.15. The number of hydrogen-bond acceptors (Lipinski definition) is 3. The molecule has 3 N–H and O–H groups in total. The van der Waals surface area contributed by atoms with E-state index in [0.717, 1.165) is 24.9 Å². The molecule has 1 aliphatic carbocycles. The molecule has 4 heteroatoms. The maximum absolute atomic E-state index is 11.0. The van der Waals surface area contributed by atoms with Gasteiger partial charge in [0, 0.05) is 16.8 Å². The predicted octanol–water partition coefficient (Wildman–Crippen LogP) is 3.15. The molecule has 0 aromatic carbocycles. The van der Waals surface area contributed by atoms with Gasteiger partial charge in [0.1, 0.15) is 0 Å². The molecule has 106 valence electrons. The summed E-state index contributed by atoms with van der Waals surface area (Å²) < 4.78 is 0. The topological polar surface area (TPSA) is 55.1 Å². The summed E-state index contributed by atoms with van der Waals surface area (Å²) in [6.07, 6.45) is 6.86. The van der Waals surface area contributed by atoms with Crippen molar-refractivity contribution >= 4 is 17.2 Å². The highest BCUT2D eigenvalue weighted by Gasteiger charge is 2.19. The molecule has 3 nitrogen and oxygen atoms in total. The lowest BCUT2D eigenvalue weighted by Gasteiger charge is -2.27. The second kappa shape index (κ2) is 7.06. The minimum absolute atomic E-state index is 0.333. The number of rotatable bonds is 6. The average molecular weight is 280 g/mol. The van der Waals surface area contributed by atoms with Crippen molar-refractivity contribution in [3.8, 4) is 0 Å². The van der Waals surface area contributed by atoms with Gasteiger partial charge >= 0.3 is 0 Å². The van der Waals surface area contributed by atoms with Crippen molar-refractivity contribution in [1.29, 1.82) is 0 Å². The van der Waals surface area contributed by atoms with Crippen LogP contribution in [0.3, 0.4) is 0 Å². The summed E-state index contributed by atoms with van der Waals surface area (Å²) in [7, 11) is 0. The Morgan fingerprint density at radius 2 is 2.05 bits per heavy atom. The van der Waals surface area contributed by atoms with E-state index in [9.17, 15) is 4.79 Å². The van der Waals surface area contributed by atoms with Crippen molar-refractivity contribution in [2.24, 2.45) is 17.6 Å². The number of nitrogens with two attached hydrogens (primary N) is 1. The van der Waals surface area contributed by atoms with Crippen LogP contribution >= 0.6 is 11.3 Å². The molecule has 1 heterocycles. The van der Waals surface area contributed by atoms with Crippen molar-refractivity contribution in [3.63, 3.8) is 0 Å². The van der Waals surface area contributed by atoms with Crippen LogP contribution in [0, 0.1) is 11.8 Å². The lowest BCUT2D eigenvalue weighted by molar-refractivity contribution is 0.100. The fourth-order valence-corrected chi connectivity index (χ4v) is 3.69. The molecule has 1 amide bonds. The summed E-state index contributed by atoms with van der Waals surface area (Å²) >= 11 is 1.61. The van der Waals surface area contributed by atoms with Crippen molar-refractivity contribution < 1.29 is 4.79 Å². The SMILES string of the molecule is CCC1CCC(CNCc2cc(C(N)=O)cs2)CC1. The molecule has 0 spiro atoms. The van der Waals surface area contributed by atoms with Crippen molar-refractivity contribution in [2.75, 3.05) is 6.54 Å². The van der Waals surface area contributed by atoms with Gasteiger partial charge in [-0.15, -0.1) is 11.3 Å². The van der Waals surface area contributed by atoms with Crippen LogP contribution in [0.25, 0.3) is 0 Å². The van der Waals surface area contributed by atoms with Gasteiger partial charge in [0.15, 0.2) is 0 Å². The first-order valence-electron chi connectivity index (χ1n) is 7.27. The summed E-state index contributed by atoms with van der Waals surface area (Å²) in [5, 5.41) is 5.35. The zero-order valence-corrected chi connectivity index (χ0v) is 12.5. The van der Waals surface area contributed by atoms with E-state index in [1.807, 2.05) is 11.4 Å². The quantitative estimate of drug-likeness (QED) is 0.841. The summed E-state index contributed by atoms with van der Waals surface area (Å²) in [5.74, 6) is 1.46. The Balaban J connectivity index is 1.67. The number of carbonyl (C=O) groups excluding carboxylic acids is 1. The van der Waals surface area contributed by atoms with E-state index >= 15 is 0 Å². The average Bonchev–Trinajstić information content (AvgIpc) is 2.89. The van der Waals surface area contributed by atoms with Gasteiger partial charge in [-0.25, -0.2) is 0 Å². The summed E-state index contributed by atoms with van der Waals surface area (Å²) in [4.78, 5) is 12.2. The predicted molar refractivity (Wildman–Crippen MR) is 80.3 cm³/mol. The van der Waals surface area contributed by atoms with Crippen LogP contribution in [0.5, 0.6) is 0 Å². The molecule has 2 rings (SSSR count). The van der Waals surface area contributed by atoms with Gasteiger partial charge in [0.2, 0.25) is 5.91 Å². The molecule has 1 aliphatic rings. The molecule has 19 heavy (non-hydrogen) atoms. The van der Waals surface area contributed by atoms with Gasteiger partial charge in [-0.3, -0.25) is 4.79 Å². The van der Waals surface area contributed by atoms with Gasteiger partial charge in [-0.05, 0) is 37.3 Å². The Hall–Kier alpha value is -0.870. The monoisotopic (exact) mass is 280 g/mol. The molecule has 1 fully saturated rings. The standard InChI is InChI=1S/C15H24N2OS/c1-2-11-3-5-12(6-4-11)8-17-9-14-7-13(10-19-14)15(16)18/h7,10-12,17H,2-6,8-9H2,1H3,(H2,16,18). The lowest BCUT2D eigenvalue weighted by atomic mass is 9.81. The zero-order chi connectivity index (χ0) is 13.7. The van der Waals surface area contributed by atoms with Crippen LogP contribution in [-0.2, 0) is 6.54 Å². The fourth-order valence-electron chi connectivity index (χ4n) is 2.85. The third kappa shape index (κ3) is 4.32. The minimum atomic E-state index is -0.333. The van der Waals surface area contributed by atoms with Crippen LogP contribution in [-0.4, -0.2) is 12.5 Å². The van der Waals surface area contributed by atoms with Crippen LogP contribution in [0.4, 0.5) is 0 Å². The Kier molecular flexibility index (Phi) is 5.40. The van der Waals surface area contributed by atoms with E-state index in [1.165, 1.54) is 37.0 Å². The number of primary amides is 1. The Morgan fingerprint density at radius 1 is 1.37 bits per heavy atom. The first kappa shape index (κ1) is 14.5. The molecule has 0 bridgehead atoms.